The van der Waals surface area contributed by atoms with Crippen LogP contribution in [0.2, 0.25) is 0 Å². The quantitative estimate of drug-likeness (QED) is 0.812. The molecule has 0 saturated heterocycles. The van der Waals surface area contributed by atoms with E-state index in [1.807, 2.05) is 0 Å². The third kappa shape index (κ3) is 3.03. The summed E-state index contributed by atoms with van der Waals surface area (Å²) < 4.78 is 16.0. The fourth-order valence-corrected chi connectivity index (χ4v) is 3.07. The van der Waals surface area contributed by atoms with Crippen LogP contribution in [0.5, 0.6) is 11.5 Å². The highest BCUT2D eigenvalue weighted by Crippen LogP contribution is 2.41. The highest BCUT2D eigenvalue weighted by molar-refractivity contribution is 5.92. The van der Waals surface area contributed by atoms with E-state index in [4.69, 9.17) is 19.9 Å². The molecule has 0 aliphatic carbocycles. The molecule has 3 N–H and O–H groups in total. The number of pyridine rings is 1. The Kier molecular flexibility index (Phi) is 4.71. The zero-order valence-electron chi connectivity index (χ0n) is 14.8. The molecule has 0 saturated carbocycles. The molecule has 3 rings (SSSR count). The van der Waals surface area contributed by atoms with Crippen molar-refractivity contribution in [3.05, 3.63) is 69.0 Å². The highest BCUT2D eigenvalue weighted by atomic mass is 16.5. The molecular formula is C19H20N2O5. The second-order valence-corrected chi connectivity index (χ2v) is 5.87. The summed E-state index contributed by atoms with van der Waals surface area (Å²) in [6.45, 7) is 3.62. The van der Waals surface area contributed by atoms with Gasteiger partial charge in [-0.1, -0.05) is 12.1 Å². The molecule has 0 radical (unpaired) electrons. The lowest BCUT2D eigenvalue weighted by Crippen LogP contribution is -2.32. The number of rotatable bonds is 4. The van der Waals surface area contributed by atoms with Gasteiger partial charge >= 0.3 is 5.97 Å². The molecule has 136 valence electrons. The van der Waals surface area contributed by atoms with Gasteiger partial charge in [0.15, 0.2) is 0 Å². The molecule has 0 fully saturated rings. The van der Waals surface area contributed by atoms with Crippen LogP contribution in [0.25, 0.3) is 0 Å². The number of hydrogen-bond acceptors (Lipinski definition) is 6. The van der Waals surface area contributed by atoms with Crippen molar-refractivity contribution in [1.29, 1.82) is 0 Å². The zero-order valence-corrected chi connectivity index (χ0v) is 14.8. The minimum absolute atomic E-state index is 0.0752. The fraction of sp³-hybridized carbons (Fsp3) is 0.263. The number of aromatic amines is 1. The van der Waals surface area contributed by atoms with Gasteiger partial charge in [0.1, 0.15) is 17.1 Å². The minimum atomic E-state index is -0.725. The maximum atomic E-state index is 12.7. The summed E-state index contributed by atoms with van der Waals surface area (Å²) in [4.78, 5) is 28.0. The average molecular weight is 356 g/mol. The number of methoxy groups -OCH3 is 1. The van der Waals surface area contributed by atoms with E-state index in [1.54, 1.807) is 51.3 Å². The van der Waals surface area contributed by atoms with Crippen LogP contribution in [0.4, 0.5) is 0 Å². The van der Waals surface area contributed by atoms with Crippen LogP contribution in [0.3, 0.4) is 0 Å². The SMILES string of the molecule is CCOC(=O)C1=C(N)Oc2cc(C)[nH]c(=O)c2[C@H]1c1cccc(OC)c1. The smallest absolute Gasteiger partial charge is 0.340 e. The number of aryl methyl sites for hydroxylation is 1. The van der Waals surface area contributed by atoms with Crippen molar-refractivity contribution >= 4 is 5.97 Å². The van der Waals surface area contributed by atoms with Crippen LogP contribution in [-0.2, 0) is 9.53 Å². The Morgan fingerprint density at radius 3 is 2.81 bits per heavy atom. The topological polar surface area (TPSA) is 104 Å². The van der Waals surface area contributed by atoms with Gasteiger partial charge in [0, 0.05) is 11.8 Å². The van der Waals surface area contributed by atoms with Crippen LogP contribution >= 0.6 is 0 Å². The molecule has 1 aliphatic heterocycles. The van der Waals surface area contributed by atoms with E-state index in [2.05, 4.69) is 4.98 Å². The second kappa shape index (κ2) is 6.95. The molecule has 0 unspecified atom stereocenters. The van der Waals surface area contributed by atoms with Gasteiger partial charge in [-0.3, -0.25) is 4.79 Å². The number of esters is 1. The molecule has 1 aliphatic rings. The lowest BCUT2D eigenvalue weighted by atomic mass is 9.83. The number of carbonyl (C=O) groups excluding carboxylic acids is 1. The first-order valence-corrected chi connectivity index (χ1v) is 8.18. The van der Waals surface area contributed by atoms with E-state index < -0.39 is 11.9 Å². The normalized spacial score (nSPS) is 15.9. The lowest BCUT2D eigenvalue weighted by molar-refractivity contribution is -0.139. The molecule has 26 heavy (non-hydrogen) atoms. The number of nitrogens with one attached hydrogen (secondary N) is 1. The number of hydrogen-bond donors (Lipinski definition) is 2. The number of carbonyl (C=O) groups is 1. The van der Waals surface area contributed by atoms with Gasteiger partial charge in [-0.25, -0.2) is 4.79 Å². The predicted molar refractivity (Wildman–Crippen MR) is 95.1 cm³/mol. The van der Waals surface area contributed by atoms with Gasteiger partial charge in [-0.2, -0.15) is 0 Å². The van der Waals surface area contributed by atoms with Crippen molar-refractivity contribution in [2.24, 2.45) is 5.73 Å². The molecule has 1 aromatic heterocycles. The summed E-state index contributed by atoms with van der Waals surface area (Å²) >= 11 is 0. The first-order valence-electron chi connectivity index (χ1n) is 8.18. The Bertz CT molecular complexity index is 945. The molecule has 7 heteroatoms. The number of H-pyrrole nitrogens is 1. The maximum absolute atomic E-state index is 12.7. The van der Waals surface area contributed by atoms with Gasteiger partial charge in [0.2, 0.25) is 5.88 Å². The van der Waals surface area contributed by atoms with Crippen LogP contribution in [0, 0.1) is 6.92 Å². The summed E-state index contributed by atoms with van der Waals surface area (Å²) in [6.07, 6.45) is 0. The Hall–Kier alpha value is -3.22. The van der Waals surface area contributed by atoms with E-state index in [9.17, 15) is 9.59 Å². The van der Waals surface area contributed by atoms with Crippen molar-refractivity contribution in [2.75, 3.05) is 13.7 Å². The third-order valence-electron chi connectivity index (χ3n) is 4.15. The van der Waals surface area contributed by atoms with Crippen molar-refractivity contribution in [3.63, 3.8) is 0 Å². The van der Waals surface area contributed by atoms with E-state index in [0.717, 1.165) is 0 Å². The van der Waals surface area contributed by atoms with Crippen LogP contribution in [0.15, 0.2) is 46.6 Å². The van der Waals surface area contributed by atoms with E-state index >= 15 is 0 Å². The number of benzene rings is 1. The van der Waals surface area contributed by atoms with Crippen molar-refractivity contribution in [1.82, 2.24) is 4.98 Å². The van der Waals surface area contributed by atoms with E-state index in [-0.39, 0.29) is 23.6 Å². The molecule has 0 spiro atoms. The summed E-state index contributed by atoms with van der Waals surface area (Å²) in [7, 11) is 1.55. The molecule has 0 bridgehead atoms. The summed E-state index contributed by atoms with van der Waals surface area (Å²) in [5, 5.41) is 0. The highest BCUT2D eigenvalue weighted by Gasteiger charge is 2.37. The van der Waals surface area contributed by atoms with Crippen LogP contribution in [0.1, 0.15) is 29.7 Å². The van der Waals surface area contributed by atoms with Crippen LogP contribution < -0.4 is 20.8 Å². The number of fused-ring (bicyclic) bond motifs is 1. The largest absolute Gasteiger partial charge is 0.497 e. The molecule has 2 heterocycles. The number of nitrogens with two attached hydrogens (primary N) is 1. The number of ether oxygens (including phenoxy) is 3. The first kappa shape index (κ1) is 17.6. The Morgan fingerprint density at radius 2 is 2.12 bits per heavy atom. The van der Waals surface area contributed by atoms with Crippen molar-refractivity contribution in [3.8, 4) is 11.5 Å². The Morgan fingerprint density at radius 1 is 1.35 bits per heavy atom. The van der Waals surface area contributed by atoms with Gasteiger partial charge in [0.05, 0.1) is 25.2 Å². The average Bonchev–Trinajstić information content (AvgIpc) is 2.60. The fourth-order valence-electron chi connectivity index (χ4n) is 3.07. The standard InChI is InChI=1S/C19H20N2O5/c1-4-25-19(23)16-14(11-6-5-7-12(9-11)24-3)15-13(26-17(16)20)8-10(2)21-18(15)22/h5-9,14H,4,20H2,1-3H3,(H,21,22)/t14-/m1/s1. The van der Waals surface area contributed by atoms with E-state index in [0.29, 0.717) is 28.3 Å². The van der Waals surface area contributed by atoms with Crippen LogP contribution in [-0.4, -0.2) is 24.7 Å². The maximum Gasteiger partial charge on any atom is 0.340 e. The monoisotopic (exact) mass is 356 g/mol. The third-order valence-corrected chi connectivity index (χ3v) is 4.15. The molecule has 2 aromatic rings. The van der Waals surface area contributed by atoms with Gasteiger partial charge in [-0.15, -0.1) is 0 Å². The summed E-state index contributed by atoms with van der Waals surface area (Å²) in [5.74, 6) is -0.500. The molecule has 0 amide bonds. The Balaban J connectivity index is 2.27. The minimum Gasteiger partial charge on any atom is -0.497 e. The predicted octanol–water partition coefficient (Wildman–Crippen LogP) is 1.95. The van der Waals surface area contributed by atoms with Gasteiger partial charge in [-0.05, 0) is 31.5 Å². The molecule has 1 aromatic carbocycles. The summed E-state index contributed by atoms with van der Waals surface area (Å²) in [5.41, 5.74) is 7.40. The second-order valence-electron chi connectivity index (χ2n) is 5.87. The number of aromatic nitrogens is 1. The van der Waals surface area contributed by atoms with E-state index in [1.165, 1.54) is 0 Å². The van der Waals surface area contributed by atoms with Gasteiger partial charge in [0.25, 0.3) is 5.56 Å². The summed E-state index contributed by atoms with van der Waals surface area (Å²) in [6, 6.07) is 8.79. The van der Waals surface area contributed by atoms with Crippen molar-refractivity contribution in [2.45, 2.75) is 19.8 Å². The molecular weight excluding hydrogens is 336 g/mol. The molecule has 7 nitrogen and oxygen atoms in total. The molecule has 1 atom stereocenters. The zero-order chi connectivity index (χ0) is 18.8. The first-order chi connectivity index (χ1) is 12.5. The Labute approximate surface area is 150 Å². The lowest BCUT2D eigenvalue weighted by Gasteiger charge is -2.28. The van der Waals surface area contributed by atoms with Gasteiger partial charge < -0.3 is 24.9 Å². The van der Waals surface area contributed by atoms with Crippen molar-refractivity contribution < 1.29 is 19.0 Å².